The SMILES string of the molecule is C[N+](C)(C[O-])CCc1c[nH]c2ccc(C[C@H]3COC(=O)N3)cc12. The Kier molecular flexibility index (Phi) is 4.28. The number of nitrogens with zero attached hydrogens (tertiary/aromatic N) is 1. The number of ether oxygens (including phenoxy) is 1. The Balaban J connectivity index is 1.75. The number of nitrogens with one attached hydrogen (secondary N) is 2. The monoisotopic (exact) mass is 317 g/mol. The molecule has 0 aliphatic carbocycles. The molecule has 1 aliphatic heterocycles. The van der Waals surface area contributed by atoms with E-state index in [0.29, 0.717) is 11.1 Å². The molecule has 1 atom stereocenters. The number of rotatable bonds is 6. The first-order chi connectivity index (χ1) is 11.0. The van der Waals surface area contributed by atoms with Crippen molar-refractivity contribution >= 4 is 17.0 Å². The minimum Gasteiger partial charge on any atom is -0.809 e. The van der Waals surface area contributed by atoms with Crippen molar-refractivity contribution in [3.63, 3.8) is 0 Å². The average Bonchev–Trinajstić information content (AvgIpc) is 3.11. The zero-order valence-electron chi connectivity index (χ0n) is 13.6. The summed E-state index contributed by atoms with van der Waals surface area (Å²) in [6, 6.07) is 6.35. The molecule has 1 aliphatic rings. The second-order valence-electron chi connectivity index (χ2n) is 6.88. The lowest BCUT2D eigenvalue weighted by Gasteiger charge is -2.32. The summed E-state index contributed by atoms with van der Waals surface area (Å²) in [6.07, 6.45) is 3.31. The number of hydrogen-bond donors (Lipinski definition) is 2. The van der Waals surface area contributed by atoms with Gasteiger partial charge >= 0.3 is 6.09 Å². The fourth-order valence-corrected chi connectivity index (χ4v) is 2.87. The third-order valence-electron chi connectivity index (χ3n) is 4.39. The number of cyclic esters (lactones) is 1. The zero-order valence-corrected chi connectivity index (χ0v) is 13.6. The molecule has 1 aromatic heterocycles. The molecule has 0 unspecified atom stereocenters. The lowest BCUT2D eigenvalue weighted by molar-refractivity contribution is -0.950. The molecule has 0 radical (unpaired) electrons. The molecule has 3 rings (SSSR count). The van der Waals surface area contributed by atoms with E-state index in [4.69, 9.17) is 4.74 Å². The van der Waals surface area contributed by atoms with E-state index in [1.54, 1.807) is 0 Å². The van der Waals surface area contributed by atoms with Crippen LogP contribution in [0.3, 0.4) is 0 Å². The van der Waals surface area contributed by atoms with Crippen LogP contribution >= 0.6 is 0 Å². The van der Waals surface area contributed by atoms with Gasteiger partial charge in [-0.25, -0.2) is 4.79 Å². The van der Waals surface area contributed by atoms with Gasteiger partial charge in [-0.15, -0.1) is 0 Å². The van der Waals surface area contributed by atoms with Crippen molar-refractivity contribution < 1.29 is 19.1 Å². The zero-order chi connectivity index (χ0) is 16.4. The maximum atomic E-state index is 11.2. The summed E-state index contributed by atoms with van der Waals surface area (Å²) in [6.45, 7) is 1.12. The molecule has 1 saturated heterocycles. The van der Waals surface area contributed by atoms with Crippen LogP contribution in [0.15, 0.2) is 24.4 Å². The number of carbonyl (C=O) groups is 1. The number of H-pyrrole nitrogens is 1. The summed E-state index contributed by atoms with van der Waals surface area (Å²) in [4.78, 5) is 14.4. The predicted octanol–water partition coefficient (Wildman–Crippen LogP) is 0.755. The molecule has 23 heavy (non-hydrogen) atoms. The largest absolute Gasteiger partial charge is 0.809 e. The Hall–Kier alpha value is -2.05. The summed E-state index contributed by atoms with van der Waals surface area (Å²) < 4.78 is 5.40. The summed E-state index contributed by atoms with van der Waals surface area (Å²) in [7, 11) is 3.91. The minimum absolute atomic E-state index is 0.0402. The van der Waals surface area contributed by atoms with Crippen molar-refractivity contribution in [2.75, 3.05) is 34.0 Å². The first kappa shape index (κ1) is 15.8. The highest BCUT2D eigenvalue weighted by Gasteiger charge is 2.22. The number of benzene rings is 1. The molecule has 2 N–H and O–H groups in total. The molecule has 6 nitrogen and oxygen atoms in total. The van der Waals surface area contributed by atoms with Crippen LogP contribution in [0.5, 0.6) is 0 Å². The Labute approximate surface area is 135 Å². The van der Waals surface area contributed by atoms with Gasteiger partial charge in [-0.2, -0.15) is 0 Å². The highest BCUT2D eigenvalue weighted by Crippen LogP contribution is 2.22. The van der Waals surface area contributed by atoms with E-state index in [1.807, 2.05) is 20.3 Å². The van der Waals surface area contributed by atoms with Crippen LogP contribution < -0.4 is 10.4 Å². The van der Waals surface area contributed by atoms with E-state index in [9.17, 15) is 9.90 Å². The quantitative estimate of drug-likeness (QED) is 0.610. The van der Waals surface area contributed by atoms with Crippen molar-refractivity contribution in [1.29, 1.82) is 0 Å². The maximum absolute atomic E-state index is 11.2. The number of likely N-dealkylation sites (N-methyl/N-ethyl adjacent to an activating group) is 1. The van der Waals surface area contributed by atoms with Crippen LogP contribution in [0.25, 0.3) is 10.9 Å². The number of alkyl carbamates (subject to hydrolysis) is 1. The van der Waals surface area contributed by atoms with Gasteiger partial charge in [0.15, 0.2) is 0 Å². The average molecular weight is 317 g/mol. The van der Waals surface area contributed by atoms with E-state index in [0.717, 1.165) is 24.9 Å². The minimum atomic E-state index is -0.337. The normalized spacial score (nSPS) is 18.2. The van der Waals surface area contributed by atoms with Crippen LogP contribution in [0.1, 0.15) is 11.1 Å². The third-order valence-corrected chi connectivity index (χ3v) is 4.39. The molecule has 6 heteroatoms. The number of amides is 1. The highest BCUT2D eigenvalue weighted by molar-refractivity contribution is 5.84. The molecular weight excluding hydrogens is 294 g/mol. The van der Waals surface area contributed by atoms with E-state index in [-0.39, 0.29) is 18.9 Å². The molecule has 1 amide bonds. The Morgan fingerprint density at radius 1 is 1.39 bits per heavy atom. The Bertz CT molecular complexity index is 708. The first-order valence-corrected chi connectivity index (χ1v) is 7.89. The van der Waals surface area contributed by atoms with Gasteiger partial charge in [0.25, 0.3) is 0 Å². The lowest BCUT2D eigenvalue weighted by Crippen LogP contribution is -2.47. The predicted molar refractivity (Wildman–Crippen MR) is 85.8 cm³/mol. The van der Waals surface area contributed by atoms with Gasteiger partial charge in [0.05, 0.1) is 26.7 Å². The second kappa shape index (κ2) is 6.22. The van der Waals surface area contributed by atoms with E-state index < -0.39 is 0 Å². The number of aromatic nitrogens is 1. The number of carbonyl (C=O) groups excluding carboxylic acids is 1. The van der Waals surface area contributed by atoms with Crippen LogP contribution in [0.2, 0.25) is 0 Å². The first-order valence-electron chi connectivity index (χ1n) is 7.89. The molecule has 124 valence electrons. The fourth-order valence-electron chi connectivity index (χ4n) is 2.87. The second-order valence-corrected chi connectivity index (χ2v) is 6.88. The van der Waals surface area contributed by atoms with Crippen molar-refractivity contribution in [2.24, 2.45) is 0 Å². The van der Waals surface area contributed by atoms with Crippen molar-refractivity contribution in [1.82, 2.24) is 10.3 Å². The van der Waals surface area contributed by atoms with Gasteiger partial charge in [0.2, 0.25) is 0 Å². The highest BCUT2D eigenvalue weighted by atomic mass is 16.6. The van der Waals surface area contributed by atoms with E-state index in [2.05, 4.69) is 28.5 Å². The third kappa shape index (κ3) is 3.65. The number of fused-ring (bicyclic) bond motifs is 1. The van der Waals surface area contributed by atoms with Gasteiger partial charge in [0.1, 0.15) is 6.61 Å². The van der Waals surface area contributed by atoms with Crippen LogP contribution in [-0.4, -0.2) is 55.6 Å². The molecular formula is C17H23N3O3. The molecule has 2 heterocycles. The van der Waals surface area contributed by atoms with Gasteiger partial charge in [-0.1, -0.05) is 6.07 Å². The van der Waals surface area contributed by atoms with Gasteiger partial charge < -0.3 is 24.6 Å². The van der Waals surface area contributed by atoms with Crippen LogP contribution in [0, 0.1) is 0 Å². The number of quaternary nitrogens is 1. The molecule has 0 saturated carbocycles. The van der Waals surface area contributed by atoms with Gasteiger partial charge in [-0.05, 0) is 29.7 Å². The van der Waals surface area contributed by atoms with Crippen LogP contribution in [-0.2, 0) is 17.6 Å². The Morgan fingerprint density at radius 2 is 2.22 bits per heavy atom. The summed E-state index contributed by atoms with van der Waals surface area (Å²) in [5.74, 6) is 0. The molecule has 1 aromatic carbocycles. The number of hydrogen-bond acceptors (Lipinski definition) is 3. The lowest BCUT2D eigenvalue weighted by atomic mass is 10.0. The van der Waals surface area contributed by atoms with E-state index >= 15 is 0 Å². The molecule has 0 bridgehead atoms. The topological polar surface area (TPSA) is 77.2 Å². The van der Waals surface area contributed by atoms with Crippen LogP contribution in [0.4, 0.5) is 4.79 Å². The van der Waals surface area contributed by atoms with Crippen molar-refractivity contribution in [3.05, 3.63) is 35.5 Å². The van der Waals surface area contributed by atoms with Gasteiger partial charge in [-0.3, -0.25) is 0 Å². The fraction of sp³-hybridized carbons (Fsp3) is 0.471. The summed E-state index contributed by atoms with van der Waals surface area (Å²) >= 11 is 0. The Morgan fingerprint density at radius 3 is 2.91 bits per heavy atom. The molecule has 1 fully saturated rings. The summed E-state index contributed by atoms with van der Waals surface area (Å²) in [5, 5.41) is 15.2. The summed E-state index contributed by atoms with van der Waals surface area (Å²) in [5.41, 5.74) is 3.50. The van der Waals surface area contributed by atoms with Crippen molar-refractivity contribution in [3.8, 4) is 0 Å². The van der Waals surface area contributed by atoms with Gasteiger partial charge in [0, 0.05) is 30.3 Å². The maximum Gasteiger partial charge on any atom is 0.407 e. The molecule has 2 aromatic rings. The van der Waals surface area contributed by atoms with E-state index in [1.165, 1.54) is 16.5 Å². The smallest absolute Gasteiger partial charge is 0.407 e. The van der Waals surface area contributed by atoms with Crippen molar-refractivity contribution in [2.45, 2.75) is 18.9 Å². The standard InChI is InChI=1S/C17H23N3O3/c1-20(2,11-21)6-5-13-9-18-16-4-3-12(8-15(13)16)7-14-10-23-17(22)19-14/h3-4,8-9,14,18H,5-7,10-11H2,1-2H3,(H,19,22)/t14-/m0/s1. The number of aromatic amines is 1. The molecule has 0 spiro atoms.